The van der Waals surface area contributed by atoms with Crippen LogP contribution in [0.4, 0.5) is 0 Å². The van der Waals surface area contributed by atoms with Crippen molar-refractivity contribution in [2.24, 2.45) is 28.6 Å². The van der Waals surface area contributed by atoms with Crippen LogP contribution >= 0.6 is 0 Å². The molecule has 0 aromatic rings. The zero-order valence-corrected chi connectivity index (χ0v) is 21.6. The van der Waals surface area contributed by atoms with Gasteiger partial charge < -0.3 is 29.2 Å². The van der Waals surface area contributed by atoms with Crippen LogP contribution in [0.25, 0.3) is 0 Å². The lowest BCUT2D eigenvalue weighted by molar-refractivity contribution is -0.249. The average molecular weight is 509 g/mol. The molecule has 0 spiro atoms. The van der Waals surface area contributed by atoms with Gasteiger partial charge in [-0.05, 0) is 12.5 Å². The molecule has 0 aromatic carbocycles. The molecule has 1 aliphatic heterocycles. The number of fused-ring (bicyclic) bond motifs is 1. The smallest absolute Gasteiger partial charge is 0.303 e. The fourth-order valence-corrected chi connectivity index (χ4v) is 7.73. The Kier molecular flexibility index (Phi) is 6.41. The van der Waals surface area contributed by atoms with Gasteiger partial charge in [0.25, 0.3) is 0 Å². The standard InChI is InChI=1S/C26H36O10/c1-11-16(30)9-18(34-12(2)27)25(6)19(11)20(32)15-8-17(31)26(7)22(24(15,5)10-33-26)21(35-13(3)28)23(25)36-14(4)29/h15-16,18-23,30,32H,1,8-10H2,2-7H3. The summed E-state index contributed by atoms with van der Waals surface area (Å²) >= 11 is 0. The molecule has 1 saturated heterocycles. The number of carbonyl (C=O) groups excluding carboxylic acids is 4. The topological polar surface area (TPSA) is 146 Å². The summed E-state index contributed by atoms with van der Waals surface area (Å²) < 4.78 is 23.5. The van der Waals surface area contributed by atoms with Gasteiger partial charge in [-0.25, -0.2) is 0 Å². The van der Waals surface area contributed by atoms with E-state index in [0.717, 1.165) is 0 Å². The maximum absolute atomic E-state index is 13.5. The highest BCUT2D eigenvalue weighted by Gasteiger charge is 2.75. The number of hydrogen-bond acceptors (Lipinski definition) is 10. The number of esters is 3. The van der Waals surface area contributed by atoms with Gasteiger partial charge in [-0.1, -0.05) is 20.4 Å². The number of hydrogen-bond donors (Lipinski definition) is 2. The van der Waals surface area contributed by atoms with Gasteiger partial charge in [-0.2, -0.15) is 0 Å². The van der Waals surface area contributed by atoms with Crippen molar-refractivity contribution in [2.45, 2.75) is 90.5 Å². The zero-order valence-electron chi connectivity index (χ0n) is 21.6. The average Bonchev–Trinajstić information content (AvgIpc) is 2.98. The third kappa shape index (κ3) is 3.63. The van der Waals surface area contributed by atoms with E-state index in [2.05, 4.69) is 6.58 Å². The van der Waals surface area contributed by atoms with Crippen molar-refractivity contribution in [3.05, 3.63) is 12.2 Å². The second-order valence-electron chi connectivity index (χ2n) is 11.5. The Morgan fingerprint density at radius 2 is 1.58 bits per heavy atom. The van der Waals surface area contributed by atoms with Crippen LogP contribution in [0.15, 0.2) is 12.2 Å². The van der Waals surface area contributed by atoms with Gasteiger partial charge in [-0.15, -0.1) is 0 Å². The Labute approximate surface area is 210 Å². The largest absolute Gasteiger partial charge is 0.462 e. The number of Topliss-reactive ketones (excluding diaryl/α,β-unsaturated/α-hetero) is 1. The van der Waals surface area contributed by atoms with Crippen LogP contribution in [0.5, 0.6) is 0 Å². The van der Waals surface area contributed by atoms with Crippen LogP contribution in [0, 0.1) is 28.6 Å². The summed E-state index contributed by atoms with van der Waals surface area (Å²) in [6, 6.07) is 0. The van der Waals surface area contributed by atoms with Crippen LogP contribution in [0.3, 0.4) is 0 Å². The maximum Gasteiger partial charge on any atom is 0.303 e. The molecule has 4 rings (SSSR count). The molecule has 0 radical (unpaired) electrons. The van der Waals surface area contributed by atoms with Crippen LogP contribution in [0.2, 0.25) is 0 Å². The molecule has 10 heteroatoms. The Morgan fingerprint density at radius 1 is 1.00 bits per heavy atom. The van der Waals surface area contributed by atoms with E-state index in [1.807, 2.05) is 6.92 Å². The summed E-state index contributed by atoms with van der Waals surface area (Å²) in [7, 11) is 0. The predicted molar refractivity (Wildman–Crippen MR) is 123 cm³/mol. The van der Waals surface area contributed by atoms with E-state index >= 15 is 0 Å². The molecule has 4 fully saturated rings. The fraction of sp³-hybridized carbons (Fsp3) is 0.769. The molecule has 1 heterocycles. The van der Waals surface area contributed by atoms with Gasteiger partial charge in [0, 0.05) is 56.8 Å². The van der Waals surface area contributed by atoms with E-state index in [4.69, 9.17) is 18.9 Å². The number of ether oxygens (including phenoxy) is 4. The highest BCUT2D eigenvalue weighted by molar-refractivity contribution is 5.89. The van der Waals surface area contributed by atoms with E-state index in [1.165, 1.54) is 20.8 Å². The summed E-state index contributed by atoms with van der Waals surface area (Å²) in [6.07, 6.45) is -5.85. The Balaban J connectivity index is 2.04. The van der Waals surface area contributed by atoms with Crippen molar-refractivity contribution in [2.75, 3.05) is 6.61 Å². The molecule has 10 nitrogen and oxygen atoms in total. The van der Waals surface area contributed by atoms with Gasteiger partial charge in [0.15, 0.2) is 5.78 Å². The lowest BCUT2D eigenvalue weighted by Gasteiger charge is -2.61. The molecule has 0 aromatic heterocycles. The molecule has 4 aliphatic rings. The molecule has 0 amide bonds. The second kappa shape index (κ2) is 8.63. The van der Waals surface area contributed by atoms with Gasteiger partial charge >= 0.3 is 17.9 Å². The summed E-state index contributed by atoms with van der Waals surface area (Å²) in [5.41, 5.74) is -3.29. The van der Waals surface area contributed by atoms with Crippen molar-refractivity contribution in [3.8, 4) is 0 Å². The highest BCUT2D eigenvalue weighted by Crippen LogP contribution is 2.65. The van der Waals surface area contributed by atoms with E-state index in [9.17, 15) is 29.4 Å². The van der Waals surface area contributed by atoms with Crippen molar-refractivity contribution in [1.29, 1.82) is 0 Å². The Hall–Kier alpha value is -2.30. The first-order valence-corrected chi connectivity index (χ1v) is 12.3. The quantitative estimate of drug-likeness (QED) is 0.323. The molecule has 3 saturated carbocycles. The molecule has 11 unspecified atom stereocenters. The number of aliphatic hydroxyl groups excluding tert-OH is 2. The third-order valence-electron chi connectivity index (χ3n) is 9.32. The van der Waals surface area contributed by atoms with Crippen molar-refractivity contribution in [3.63, 3.8) is 0 Å². The monoisotopic (exact) mass is 508 g/mol. The second-order valence-corrected chi connectivity index (χ2v) is 11.5. The SMILES string of the molecule is C=C1C(O)CC(OC(C)=O)C2(C)C(OC(C)=O)C(OC(C)=O)C3C4(C)OCC3(C)C(CC4=O)C(O)C12. The zero-order chi connectivity index (χ0) is 27.0. The molecule has 4 bridgehead atoms. The minimum Gasteiger partial charge on any atom is -0.462 e. The predicted octanol–water partition coefficient (Wildman–Crippen LogP) is 1.10. The Morgan fingerprint density at radius 3 is 2.14 bits per heavy atom. The van der Waals surface area contributed by atoms with Crippen molar-refractivity contribution >= 4 is 23.7 Å². The normalized spacial score (nSPS) is 47.8. The minimum atomic E-state index is -1.36. The van der Waals surface area contributed by atoms with E-state index in [-0.39, 0.29) is 30.8 Å². The summed E-state index contributed by atoms with van der Waals surface area (Å²) in [6.45, 7) is 13.0. The molecule has 2 N–H and O–H groups in total. The molecule has 11 atom stereocenters. The van der Waals surface area contributed by atoms with Gasteiger partial charge in [0.05, 0.1) is 24.2 Å². The number of carbonyl (C=O) groups is 4. The maximum atomic E-state index is 13.5. The van der Waals surface area contributed by atoms with E-state index < -0.39 is 82.6 Å². The van der Waals surface area contributed by atoms with Crippen LogP contribution in [0.1, 0.15) is 54.4 Å². The number of rotatable bonds is 3. The molecule has 36 heavy (non-hydrogen) atoms. The van der Waals surface area contributed by atoms with Crippen LogP contribution in [-0.4, -0.2) is 76.6 Å². The first-order chi connectivity index (χ1) is 16.6. The van der Waals surface area contributed by atoms with E-state index in [0.29, 0.717) is 0 Å². The summed E-state index contributed by atoms with van der Waals surface area (Å²) in [4.78, 5) is 50.6. The van der Waals surface area contributed by atoms with Gasteiger partial charge in [-0.3, -0.25) is 19.2 Å². The van der Waals surface area contributed by atoms with Crippen LogP contribution < -0.4 is 0 Å². The van der Waals surface area contributed by atoms with Gasteiger partial charge in [0.1, 0.15) is 23.9 Å². The van der Waals surface area contributed by atoms with Crippen molar-refractivity contribution in [1.82, 2.24) is 0 Å². The van der Waals surface area contributed by atoms with E-state index in [1.54, 1.807) is 13.8 Å². The number of aliphatic hydroxyl groups is 2. The third-order valence-corrected chi connectivity index (χ3v) is 9.32. The summed E-state index contributed by atoms with van der Waals surface area (Å²) in [5.74, 6) is -4.60. The summed E-state index contributed by atoms with van der Waals surface area (Å²) in [5, 5.41) is 22.9. The molecule has 200 valence electrons. The molecular weight excluding hydrogens is 472 g/mol. The Bertz CT molecular complexity index is 1010. The lowest BCUT2D eigenvalue weighted by Crippen LogP contribution is -2.72. The van der Waals surface area contributed by atoms with Crippen molar-refractivity contribution < 1.29 is 48.3 Å². The first-order valence-electron chi connectivity index (χ1n) is 12.3. The highest BCUT2D eigenvalue weighted by atomic mass is 16.6. The molecule has 3 aliphatic carbocycles. The first kappa shape index (κ1) is 26.8. The fourth-order valence-electron chi connectivity index (χ4n) is 7.73. The van der Waals surface area contributed by atoms with Gasteiger partial charge in [0.2, 0.25) is 0 Å². The number of ketones is 1. The lowest BCUT2D eigenvalue weighted by atomic mass is 9.45. The molecular formula is C26H36O10. The minimum absolute atomic E-state index is 0.00385. The van der Waals surface area contributed by atoms with Crippen LogP contribution in [-0.2, 0) is 38.1 Å².